The predicted octanol–water partition coefficient (Wildman–Crippen LogP) is 6.81. The molecule has 3 rings (SSSR count). The third-order valence-electron chi connectivity index (χ3n) is 6.67. The van der Waals surface area contributed by atoms with Crippen LogP contribution in [0.15, 0.2) is 36.4 Å². The van der Waals surface area contributed by atoms with Crippen molar-refractivity contribution in [2.45, 2.75) is 52.0 Å². The van der Waals surface area contributed by atoms with Crippen LogP contribution in [0.4, 0.5) is 13.6 Å². The van der Waals surface area contributed by atoms with Gasteiger partial charge in [0, 0.05) is 35.2 Å². The highest BCUT2D eigenvalue weighted by molar-refractivity contribution is 6.31. The van der Waals surface area contributed by atoms with Gasteiger partial charge in [0.2, 0.25) is 0 Å². The van der Waals surface area contributed by atoms with Gasteiger partial charge in [0.25, 0.3) is 0 Å². The largest absolute Gasteiger partial charge is 0.466 e. The first kappa shape index (κ1) is 29.7. The number of hydrogen-bond donors (Lipinski definition) is 1. The molecule has 0 aliphatic carbocycles. The summed E-state index contributed by atoms with van der Waals surface area (Å²) in [6, 6.07) is 8.80. The van der Waals surface area contributed by atoms with Crippen LogP contribution < -0.4 is 5.32 Å². The Bertz CT molecular complexity index is 1240. The average Bonchev–Trinajstić information content (AvgIpc) is 3.14. The normalized spacial score (nSPS) is 21.2. The number of nitrogens with zero attached hydrogens (tertiary/aromatic N) is 2. The van der Waals surface area contributed by atoms with E-state index in [0.717, 1.165) is 6.07 Å². The third-order valence-corrected chi connectivity index (χ3v) is 7.20. The van der Waals surface area contributed by atoms with Gasteiger partial charge >= 0.3 is 12.0 Å². The molecule has 0 radical (unpaired) electrons. The molecule has 38 heavy (non-hydrogen) atoms. The van der Waals surface area contributed by atoms with E-state index >= 15 is 8.78 Å². The number of likely N-dealkylation sites (tertiary alicyclic amines) is 1. The van der Waals surface area contributed by atoms with Crippen LogP contribution in [-0.4, -0.2) is 36.6 Å². The molecule has 1 fully saturated rings. The molecule has 10 heteroatoms. The molecule has 204 valence electrons. The smallest absolute Gasteiger partial charge is 0.318 e. The zero-order valence-corrected chi connectivity index (χ0v) is 23.3. The molecule has 0 saturated carbocycles. The second-order valence-electron chi connectivity index (χ2n) is 10.6. The number of nitrogens with one attached hydrogen (secondary N) is 1. The molecular formula is C28H31Cl2F2N3O3. The van der Waals surface area contributed by atoms with Gasteiger partial charge in [-0.05, 0) is 37.0 Å². The maximum atomic E-state index is 15.6. The standard InChI is InChI=1S/C28H31Cl2F2N3O3/c1-5-38-23(36)11-12-34-26(37)35-15-17(14-27(2,3)4)28(16-33,20-10-9-18(29)13-22(20)31)25(35)19-7-6-8-21(30)24(19)32/h6-10,13,17,25H,5,11-12,14-15H2,1-4H3,(H,34,37). The predicted molar refractivity (Wildman–Crippen MR) is 142 cm³/mol. The van der Waals surface area contributed by atoms with Gasteiger partial charge in [-0.1, -0.05) is 62.2 Å². The molecular weight excluding hydrogens is 535 g/mol. The van der Waals surface area contributed by atoms with Gasteiger partial charge in [-0.3, -0.25) is 4.79 Å². The Balaban J connectivity index is 2.20. The molecule has 2 aromatic carbocycles. The van der Waals surface area contributed by atoms with Crippen molar-refractivity contribution in [2.24, 2.45) is 11.3 Å². The van der Waals surface area contributed by atoms with Gasteiger partial charge in [-0.2, -0.15) is 5.26 Å². The van der Waals surface area contributed by atoms with Crippen molar-refractivity contribution in [3.05, 3.63) is 69.2 Å². The van der Waals surface area contributed by atoms with Crippen LogP contribution in [0.3, 0.4) is 0 Å². The van der Waals surface area contributed by atoms with Crippen molar-refractivity contribution in [1.82, 2.24) is 10.2 Å². The topological polar surface area (TPSA) is 82.4 Å². The first-order valence-corrected chi connectivity index (χ1v) is 13.1. The number of urea groups is 1. The SMILES string of the molecule is CCOC(=O)CCNC(=O)N1CC(CC(C)(C)C)C(C#N)(c2ccc(Cl)cc2F)C1c1cccc(Cl)c1F. The molecule has 0 bridgehead atoms. The number of carbonyl (C=O) groups excluding carboxylic acids is 2. The zero-order valence-electron chi connectivity index (χ0n) is 21.8. The van der Waals surface area contributed by atoms with Gasteiger partial charge in [0.05, 0.1) is 30.2 Å². The minimum Gasteiger partial charge on any atom is -0.466 e. The highest BCUT2D eigenvalue weighted by atomic mass is 35.5. The van der Waals surface area contributed by atoms with E-state index < -0.39 is 41.0 Å². The van der Waals surface area contributed by atoms with Gasteiger partial charge in [0.15, 0.2) is 0 Å². The maximum Gasteiger partial charge on any atom is 0.318 e. The van der Waals surface area contributed by atoms with E-state index in [-0.39, 0.29) is 52.7 Å². The lowest BCUT2D eigenvalue weighted by Gasteiger charge is -2.38. The molecule has 1 saturated heterocycles. The van der Waals surface area contributed by atoms with Crippen molar-refractivity contribution >= 4 is 35.2 Å². The van der Waals surface area contributed by atoms with E-state index in [9.17, 15) is 14.9 Å². The number of carbonyl (C=O) groups is 2. The molecule has 3 unspecified atom stereocenters. The van der Waals surface area contributed by atoms with Gasteiger partial charge in [-0.25, -0.2) is 13.6 Å². The number of rotatable bonds is 7. The van der Waals surface area contributed by atoms with Crippen molar-refractivity contribution in [2.75, 3.05) is 19.7 Å². The minimum atomic E-state index is -1.67. The van der Waals surface area contributed by atoms with E-state index in [4.69, 9.17) is 27.9 Å². The molecule has 1 aliphatic heterocycles. The van der Waals surface area contributed by atoms with Crippen LogP contribution in [0.25, 0.3) is 0 Å². The Morgan fingerprint density at radius 2 is 1.95 bits per heavy atom. The van der Waals surface area contributed by atoms with E-state index in [0.29, 0.717) is 6.42 Å². The van der Waals surface area contributed by atoms with Crippen molar-refractivity contribution in [1.29, 1.82) is 5.26 Å². The van der Waals surface area contributed by atoms with E-state index in [1.165, 1.54) is 35.2 Å². The molecule has 1 aliphatic rings. The minimum absolute atomic E-state index is 0.00893. The molecule has 6 nitrogen and oxygen atoms in total. The monoisotopic (exact) mass is 565 g/mol. The molecule has 1 heterocycles. The van der Waals surface area contributed by atoms with E-state index in [1.807, 2.05) is 20.8 Å². The number of benzene rings is 2. The first-order chi connectivity index (χ1) is 17.9. The summed E-state index contributed by atoms with van der Waals surface area (Å²) in [5.74, 6) is -2.59. The first-order valence-electron chi connectivity index (χ1n) is 12.4. The number of halogens is 4. The Hall–Kier alpha value is -2.89. The molecule has 1 N–H and O–H groups in total. The molecule has 0 aromatic heterocycles. The van der Waals surface area contributed by atoms with Crippen molar-refractivity contribution < 1.29 is 23.1 Å². The maximum absolute atomic E-state index is 15.6. The number of hydrogen-bond acceptors (Lipinski definition) is 4. The van der Waals surface area contributed by atoms with Crippen LogP contribution in [-0.2, 0) is 14.9 Å². The third kappa shape index (κ3) is 6.05. The summed E-state index contributed by atoms with van der Waals surface area (Å²) in [4.78, 5) is 26.6. The van der Waals surface area contributed by atoms with Crippen LogP contribution >= 0.6 is 23.2 Å². The van der Waals surface area contributed by atoms with Crippen LogP contribution in [0, 0.1) is 34.3 Å². The van der Waals surface area contributed by atoms with Gasteiger partial charge < -0.3 is 15.0 Å². The molecule has 2 aromatic rings. The lowest BCUT2D eigenvalue weighted by molar-refractivity contribution is -0.142. The average molecular weight is 566 g/mol. The Kier molecular flexibility index (Phi) is 9.27. The van der Waals surface area contributed by atoms with Gasteiger partial charge in [0.1, 0.15) is 17.0 Å². The Morgan fingerprint density at radius 3 is 2.55 bits per heavy atom. The highest BCUT2D eigenvalue weighted by Gasteiger charge is 2.60. The number of nitriles is 1. The number of amides is 2. The lowest BCUT2D eigenvalue weighted by Crippen LogP contribution is -2.44. The summed E-state index contributed by atoms with van der Waals surface area (Å²) in [6.45, 7) is 7.82. The summed E-state index contributed by atoms with van der Waals surface area (Å²) >= 11 is 12.2. The Labute approximate surface area is 231 Å². The fourth-order valence-corrected chi connectivity index (χ4v) is 5.62. The van der Waals surface area contributed by atoms with Crippen LogP contribution in [0.2, 0.25) is 10.0 Å². The summed E-state index contributed by atoms with van der Waals surface area (Å²) in [5, 5.41) is 13.4. The summed E-state index contributed by atoms with van der Waals surface area (Å²) in [7, 11) is 0. The molecule has 0 spiro atoms. The van der Waals surface area contributed by atoms with E-state index in [2.05, 4.69) is 11.4 Å². The van der Waals surface area contributed by atoms with Crippen molar-refractivity contribution in [3.63, 3.8) is 0 Å². The van der Waals surface area contributed by atoms with Crippen LogP contribution in [0.1, 0.15) is 57.7 Å². The fraction of sp³-hybridized carbons (Fsp3) is 0.464. The molecule has 2 amide bonds. The second-order valence-corrected chi connectivity index (χ2v) is 11.4. The fourth-order valence-electron chi connectivity index (χ4n) is 5.28. The number of esters is 1. The van der Waals surface area contributed by atoms with E-state index in [1.54, 1.807) is 6.92 Å². The number of ether oxygens (including phenoxy) is 1. The summed E-state index contributed by atoms with van der Waals surface area (Å²) in [6.07, 6.45) is 0.359. The zero-order chi connectivity index (χ0) is 28.3. The lowest BCUT2D eigenvalue weighted by atomic mass is 9.63. The van der Waals surface area contributed by atoms with Crippen molar-refractivity contribution in [3.8, 4) is 6.07 Å². The second kappa shape index (κ2) is 11.9. The van der Waals surface area contributed by atoms with Gasteiger partial charge in [-0.15, -0.1) is 0 Å². The molecule has 3 atom stereocenters. The quantitative estimate of drug-likeness (QED) is 0.374. The van der Waals surface area contributed by atoms with Crippen LogP contribution in [0.5, 0.6) is 0 Å². The summed E-state index contributed by atoms with van der Waals surface area (Å²) < 4.78 is 36.1. The highest BCUT2D eigenvalue weighted by Crippen LogP contribution is 2.56. The Morgan fingerprint density at radius 1 is 1.24 bits per heavy atom. The summed E-state index contributed by atoms with van der Waals surface area (Å²) in [5.41, 5.74) is -1.98.